The SMILES string of the molecule is CNCCCN(C)CC1CN(CC(C)C)CCO1. The van der Waals surface area contributed by atoms with Crippen LogP contribution in [0.2, 0.25) is 0 Å². The summed E-state index contributed by atoms with van der Waals surface area (Å²) in [7, 11) is 4.20. The molecule has 4 nitrogen and oxygen atoms in total. The fourth-order valence-electron chi connectivity index (χ4n) is 2.54. The largest absolute Gasteiger partial charge is 0.374 e. The number of hydrogen-bond donors (Lipinski definition) is 1. The van der Waals surface area contributed by atoms with Gasteiger partial charge in [0.2, 0.25) is 0 Å². The van der Waals surface area contributed by atoms with Crippen molar-refractivity contribution in [1.82, 2.24) is 15.1 Å². The third-order valence-electron chi connectivity index (χ3n) is 3.33. The maximum atomic E-state index is 5.87. The lowest BCUT2D eigenvalue weighted by Gasteiger charge is -2.35. The summed E-state index contributed by atoms with van der Waals surface area (Å²) in [6.45, 7) is 12.1. The fraction of sp³-hybridized carbons (Fsp3) is 1.00. The van der Waals surface area contributed by atoms with Gasteiger partial charge in [0.15, 0.2) is 0 Å². The van der Waals surface area contributed by atoms with E-state index in [1.807, 2.05) is 7.05 Å². The fourth-order valence-corrected chi connectivity index (χ4v) is 2.54. The topological polar surface area (TPSA) is 27.7 Å². The molecule has 0 aliphatic carbocycles. The molecule has 1 N–H and O–H groups in total. The third kappa shape index (κ3) is 6.69. The normalized spacial score (nSPS) is 22.0. The quantitative estimate of drug-likeness (QED) is 0.654. The van der Waals surface area contributed by atoms with Crippen LogP contribution in [0.3, 0.4) is 0 Å². The number of nitrogens with zero attached hydrogens (tertiary/aromatic N) is 2. The molecule has 108 valence electrons. The highest BCUT2D eigenvalue weighted by molar-refractivity contribution is 4.74. The first-order chi connectivity index (χ1) is 8.61. The van der Waals surface area contributed by atoms with Crippen molar-refractivity contribution in [3.05, 3.63) is 0 Å². The van der Waals surface area contributed by atoms with Crippen LogP contribution in [0.1, 0.15) is 20.3 Å². The number of likely N-dealkylation sites (N-methyl/N-ethyl adjacent to an activating group) is 1. The summed E-state index contributed by atoms with van der Waals surface area (Å²) in [5, 5.41) is 3.19. The summed E-state index contributed by atoms with van der Waals surface area (Å²) in [5.41, 5.74) is 0. The molecule has 0 radical (unpaired) electrons. The van der Waals surface area contributed by atoms with Crippen molar-refractivity contribution in [2.45, 2.75) is 26.4 Å². The zero-order valence-electron chi connectivity index (χ0n) is 12.6. The summed E-state index contributed by atoms with van der Waals surface area (Å²) in [5.74, 6) is 0.747. The molecule has 1 heterocycles. The van der Waals surface area contributed by atoms with Crippen molar-refractivity contribution in [2.24, 2.45) is 5.92 Å². The predicted octanol–water partition coefficient (Wildman–Crippen LogP) is 0.885. The van der Waals surface area contributed by atoms with Gasteiger partial charge in [0.25, 0.3) is 0 Å². The van der Waals surface area contributed by atoms with E-state index in [4.69, 9.17) is 4.74 Å². The summed E-state index contributed by atoms with van der Waals surface area (Å²) in [6.07, 6.45) is 1.59. The minimum Gasteiger partial charge on any atom is -0.374 e. The second kappa shape index (κ2) is 8.86. The van der Waals surface area contributed by atoms with Crippen molar-refractivity contribution in [2.75, 3.05) is 60.0 Å². The molecule has 1 fully saturated rings. The van der Waals surface area contributed by atoms with E-state index < -0.39 is 0 Å². The Bertz CT molecular complexity index is 211. The van der Waals surface area contributed by atoms with Crippen molar-refractivity contribution in [3.8, 4) is 0 Å². The van der Waals surface area contributed by atoms with Crippen molar-refractivity contribution >= 4 is 0 Å². The highest BCUT2D eigenvalue weighted by Crippen LogP contribution is 2.09. The zero-order valence-corrected chi connectivity index (χ0v) is 12.6. The molecular formula is C14H31N3O. The van der Waals surface area contributed by atoms with Gasteiger partial charge in [0.1, 0.15) is 0 Å². The molecule has 0 aromatic rings. The van der Waals surface area contributed by atoms with Crippen LogP contribution in [0.5, 0.6) is 0 Å². The van der Waals surface area contributed by atoms with Crippen LogP contribution in [0, 0.1) is 5.92 Å². The van der Waals surface area contributed by atoms with Crippen molar-refractivity contribution in [1.29, 1.82) is 0 Å². The van der Waals surface area contributed by atoms with Gasteiger partial charge in [0.05, 0.1) is 12.7 Å². The molecule has 1 aliphatic rings. The monoisotopic (exact) mass is 257 g/mol. The molecule has 1 rings (SSSR count). The molecule has 4 heteroatoms. The predicted molar refractivity (Wildman–Crippen MR) is 77.1 cm³/mol. The number of nitrogens with one attached hydrogen (secondary N) is 1. The minimum atomic E-state index is 0.386. The molecule has 0 aromatic carbocycles. The Morgan fingerprint density at radius 2 is 2.22 bits per heavy atom. The first kappa shape index (κ1) is 15.9. The number of morpholine rings is 1. The summed E-state index contributed by atoms with van der Waals surface area (Å²) < 4.78 is 5.87. The van der Waals surface area contributed by atoms with Crippen LogP contribution in [0.15, 0.2) is 0 Å². The van der Waals surface area contributed by atoms with Crippen LogP contribution in [-0.4, -0.2) is 75.9 Å². The molecule has 18 heavy (non-hydrogen) atoms. The van der Waals surface area contributed by atoms with E-state index in [0.717, 1.165) is 45.2 Å². The van der Waals surface area contributed by atoms with Gasteiger partial charge in [-0.25, -0.2) is 0 Å². The molecule has 1 aliphatic heterocycles. The van der Waals surface area contributed by atoms with Gasteiger partial charge < -0.3 is 15.0 Å². The van der Waals surface area contributed by atoms with Gasteiger partial charge in [0, 0.05) is 26.2 Å². The van der Waals surface area contributed by atoms with Gasteiger partial charge in [-0.05, 0) is 39.5 Å². The average molecular weight is 257 g/mol. The zero-order chi connectivity index (χ0) is 13.4. The highest BCUT2D eigenvalue weighted by atomic mass is 16.5. The van der Waals surface area contributed by atoms with Crippen LogP contribution in [0.25, 0.3) is 0 Å². The number of hydrogen-bond acceptors (Lipinski definition) is 4. The summed E-state index contributed by atoms with van der Waals surface area (Å²) in [4.78, 5) is 4.93. The maximum absolute atomic E-state index is 5.87. The Morgan fingerprint density at radius 3 is 2.89 bits per heavy atom. The Hall–Kier alpha value is -0.160. The smallest absolute Gasteiger partial charge is 0.0829 e. The molecule has 0 saturated carbocycles. The van der Waals surface area contributed by atoms with Crippen molar-refractivity contribution < 1.29 is 4.74 Å². The molecule has 0 amide bonds. The molecule has 1 atom stereocenters. The lowest BCUT2D eigenvalue weighted by molar-refractivity contribution is -0.0432. The lowest BCUT2D eigenvalue weighted by Crippen LogP contribution is -2.48. The van der Waals surface area contributed by atoms with Crippen LogP contribution in [0.4, 0.5) is 0 Å². The number of ether oxygens (including phenoxy) is 1. The van der Waals surface area contributed by atoms with Gasteiger partial charge in [-0.15, -0.1) is 0 Å². The summed E-state index contributed by atoms with van der Waals surface area (Å²) >= 11 is 0. The van der Waals surface area contributed by atoms with E-state index in [0.29, 0.717) is 6.10 Å². The third-order valence-corrected chi connectivity index (χ3v) is 3.33. The Labute approximate surface area is 113 Å². The first-order valence-electron chi connectivity index (χ1n) is 7.29. The van der Waals surface area contributed by atoms with E-state index in [-0.39, 0.29) is 0 Å². The van der Waals surface area contributed by atoms with E-state index in [9.17, 15) is 0 Å². The van der Waals surface area contributed by atoms with Gasteiger partial charge >= 0.3 is 0 Å². The standard InChI is InChI=1S/C14H31N3O/c1-13(2)10-17-8-9-18-14(12-17)11-16(4)7-5-6-15-3/h13-15H,5-12H2,1-4H3. The molecule has 0 aromatic heterocycles. The summed E-state index contributed by atoms with van der Waals surface area (Å²) in [6, 6.07) is 0. The minimum absolute atomic E-state index is 0.386. The van der Waals surface area contributed by atoms with Crippen LogP contribution in [-0.2, 0) is 4.74 Å². The van der Waals surface area contributed by atoms with E-state index in [1.165, 1.54) is 13.0 Å². The Kier molecular flexibility index (Phi) is 7.82. The highest BCUT2D eigenvalue weighted by Gasteiger charge is 2.21. The number of rotatable bonds is 8. The van der Waals surface area contributed by atoms with Gasteiger partial charge in [-0.1, -0.05) is 13.8 Å². The molecule has 0 bridgehead atoms. The first-order valence-corrected chi connectivity index (χ1v) is 7.29. The maximum Gasteiger partial charge on any atom is 0.0829 e. The van der Waals surface area contributed by atoms with Crippen LogP contribution < -0.4 is 5.32 Å². The molecule has 1 saturated heterocycles. The van der Waals surface area contributed by atoms with E-state index in [1.54, 1.807) is 0 Å². The van der Waals surface area contributed by atoms with Gasteiger partial charge in [-0.3, -0.25) is 4.90 Å². The second-order valence-electron chi connectivity index (χ2n) is 5.87. The average Bonchev–Trinajstić information content (AvgIpc) is 2.28. The molecular weight excluding hydrogens is 226 g/mol. The van der Waals surface area contributed by atoms with Crippen molar-refractivity contribution in [3.63, 3.8) is 0 Å². The molecule has 0 spiro atoms. The van der Waals surface area contributed by atoms with E-state index in [2.05, 4.69) is 36.0 Å². The Balaban J connectivity index is 2.20. The molecule has 1 unspecified atom stereocenters. The second-order valence-corrected chi connectivity index (χ2v) is 5.87. The van der Waals surface area contributed by atoms with E-state index >= 15 is 0 Å². The lowest BCUT2D eigenvalue weighted by atomic mass is 10.1. The van der Waals surface area contributed by atoms with Gasteiger partial charge in [-0.2, -0.15) is 0 Å². The Morgan fingerprint density at radius 1 is 1.44 bits per heavy atom. The van der Waals surface area contributed by atoms with Crippen LogP contribution >= 0.6 is 0 Å².